The number of hydrogen-bond acceptors (Lipinski definition) is 3. The lowest BCUT2D eigenvalue weighted by molar-refractivity contribution is -0.138. The quantitative estimate of drug-likeness (QED) is 0.739. The van der Waals surface area contributed by atoms with Gasteiger partial charge < -0.3 is 14.7 Å². The van der Waals surface area contributed by atoms with E-state index in [4.69, 9.17) is 10.0 Å². The lowest BCUT2D eigenvalue weighted by Gasteiger charge is -2.15. The van der Waals surface area contributed by atoms with Gasteiger partial charge in [-0.1, -0.05) is 12.1 Å². The highest BCUT2D eigenvalue weighted by Crippen LogP contribution is 2.37. The third-order valence-electron chi connectivity index (χ3n) is 1.74. The summed E-state index contributed by atoms with van der Waals surface area (Å²) < 4.78 is 41.6. The van der Waals surface area contributed by atoms with Gasteiger partial charge in [0.1, 0.15) is 5.75 Å². The van der Waals surface area contributed by atoms with Crippen molar-refractivity contribution in [3.63, 3.8) is 0 Å². The second-order valence-electron chi connectivity index (χ2n) is 2.89. The van der Waals surface area contributed by atoms with E-state index in [1.165, 1.54) is 19.1 Å². The van der Waals surface area contributed by atoms with Crippen molar-refractivity contribution in [3.8, 4) is 5.75 Å². The normalized spacial score (nSPS) is 11.3. The van der Waals surface area contributed by atoms with Gasteiger partial charge in [-0.25, -0.2) is 0 Å². The highest BCUT2D eigenvalue weighted by molar-refractivity contribution is 6.33. The first-order valence-electron chi connectivity index (χ1n) is 4.02. The van der Waals surface area contributed by atoms with E-state index in [-0.39, 0.29) is 5.56 Å². The van der Waals surface area contributed by atoms with E-state index in [0.29, 0.717) is 0 Å². The van der Waals surface area contributed by atoms with Gasteiger partial charge in [0.2, 0.25) is 0 Å². The summed E-state index contributed by atoms with van der Waals surface area (Å²) >= 11 is 0. The van der Waals surface area contributed by atoms with Crippen LogP contribution in [0.5, 0.6) is 5.75 Å². The Bertz CT molecular complexity index is 351. The van der Waals surface area contributed by atoms with Crippen molar-refractivity contribution in [2.24, 2.45) is 0 Å². The SMILES string of the molecule is Cc1cccc(C(F)(F)F)c1OB(O)O. The lowest BCUT2D eigenvalue weighted by Crippen LogP contribution is -2.23. The molecular weight excluding hydrogens is 212 g/mol. The molecule has 0 aromatic heterocycles. The average molecular weight is 220 g/mol. The van der Waals surface area contributed by atoms with E-state index in [1.54, 1.807) is 0 Å². The second kappa shape index (κ2) is 4.12. The molecule has 15 heavy (non-hydrogen) atoms. The molecule has 0 spiro atoms. The first-order chi connectivity index (χ1) is 6.82. The van der Waals surface area contributed by atoms with E-state index >= 15 is 0 Å². The second-order valence-corrected chi connectivity index (χ2v) is 2.89. The fourth-order valence-electron chi connectivity index (χ4n) is 1.14. The van der Waals surface area contributed by atoms with Crippen molar-refractivity contribution in [2.45, 2.75) is 13.1 Å². The zero-order chi connectivity index (χ0) is 11.6. The summed E-state index contributed by atoms with van der Waals surface area (Å²) in [5.74, 6) is -0.569. The third-order valence-corrected chi connectivity index (χ3v) is 1.74. The van der Waals surface area contributed by atoms with E-state index in [0.717, 1.165) is 6.07 Å². The molecular formula is C8H8BF3O3. The van der Waals surface area contributed by atoms with Gasteiger partial charge in [0.15, 0.2) is 0 Å². The molecule has 0 fully saturated rings. The maximum Gasteiger partial charge on any atom is 0.707 e. The maximum absolute atomic E-state index is 12.4. The number of hydrogen-bond donors (Lipinski definition) is 2. The molecule has 2 N–H and O–H groups in total. The van der Waals surface area contributed by atoms with Gasteiger partial charge in [-0.2, -0.15) is 13.2 Å². The molecule has 0 unspecified atom stereocenters. The predicted molar refractivity (Wildman–Crippen MR) is 47.0 cm³/mol. The first kappa shape index (κ1) is 11.9. The Balaban J connectivity index is 3.21. The zero-order valence-electron chi connectivity index (χ0n) is 7.75. The third kappa shape index (κ3) is 2.87. The Morgan fingerprint density at radius 2 is 1.87 bits per heavy atom. The molecule has 1 aromatic carbocycles. The van der Waals surface area contributed by atoms with Crippen LogP contribution in [0.2, 0.25) is 0 Å². The van der Waals surface area contributed by atoms with Crippen molar-refractivity contribution in [2.75, 3.05) is 0 Å². The molecule has 0 atom stereocenters. The molecule has 3 nitrogen and oxygen atoms in total. The maximum atomic E-state index is 12.4. The van der Waals surface area contributed by atoms with Crippen molar-refractivity contribution >= 4 is 7.32 Å². The highest BCUT2D eigenvalue weighted by atomic mass is 19.4. The summed E-state index contributed by atoms with van der Waals surface area (Å²) in [6.07, 6.45) is -4.59. The average Bonchev–Trinajstić information content (AvgIpc) is 2.05. The first-order valence-corrected chi connectivity index (χ1v) is 4.02. The van der Waals surface area contributed by atoms with Crippen molar-refractivity contribution < 1.29 is 27.9 Å². The molecule has 0 aliphatic heterocycles. The summed E-state index contributed by atoms with van der Waals surface area (Å²) in [5.41, 5.74) is -0.853. The summed E-state index contributed by atoms with van der Waals surface area (Å²) in [7, 11) is -2.27. The summed E-state index contributed by atoms with van der Waals surface area (Å²) in [5, 5.41) is 17.0. The fourth-order valence-corrected chi connectivity index (χ4v) is 1.14. The summed E-state index contributed by atoms with van der Waals surface area (Å²) in [6.45, 7) is 1.38. The van der Waals surface area contributed by atoms with E-state index < -0.39 is 24.8 Å². The van der Waals surface area contributed by atoms with E-state index in [9.17, 15) is 13.2 Å². The van der Waals surface area contributed by atoms with Gasteiger partial charge >= 0.3 is 13.5 Å². The molecule has 7 heteroatoms. The molecule has 0 heterocycles. The van der Waals surface area contributed by atoms with Gasteiger partial charge in [0.05, 0.1) is 5.56 Å². The number of alkyl halides is 3. The smallest absolute Gasteiger partial charge is 0.511 e. The van der Waals surface area contributed by atoms with Crippen LogP contribution in [0.4, 0.5) is 13.2 Å². The van der Waals surface area contributed by atoms with Crippen molar-refractivity contribution in [1.29, 1.82) is 0 Å². The van der Waals surface area contributed by atoms with Crippen LogP contribution in [-0.2, 0) is 6.18 Å². The molecule has 0 bridgehead atoms. The summed E-state index contributed by atoms with van der Waals surface area (Å²) in [4.78, 5) is 0. The molecule has 0 aliphatic carbocycles. The Labute approximate surface area is 84.3 Å². The van der Waals surface area contributed by atoms with Crippen LogP contribution >= 0.6 is 0 Å². The van der Waals surface area contributed by atoms with E-state index in [2.05, 4.69) is 4.65 Å². The molecule has 0 aliphatic rings. The monoisotopic (exact) mass is 220 g/mol. The zero-order valence-corrected chi connectivity index (χ0v) is 7.75. The topological polar surface area (TPSA) is 49.7 Å². The highest BCUT2D eigenvalue weighted by Gasteiger charge is 2.35. The Morgan fingerprint density at radius 3 is 2.33 bits per heavy atom. The van der Waals surface area contributed by atoms with Gasteiger partial charge in [0.25, 0.3) is 0 Å². The van der Waals surface area contributed by atoms with Crippen LogP contribution in [0.1, 0.15) is 11.1 Å². The minimum atomic E-state index is -4.59. The molecule has 1 rings (SSSR count). The molecule has 0 saturated heterocycles. The number of rotatable bonds is 2. The van der Waals surface area contributed by atoms with Crippen LogP contribution in [-0.4, -0.2) is 17.4 Å². The van der Waals surface area contributed by atoms with Gasteiger partial charge in [-0.3, -0.25) is 0 Å². The van der Waals surface area contributed by atoms with Gasteiger partial charge in [-0.05, 0) is 18.6 Å². The van der Waals surface area contributed by atoms with Crippen LogP contribution in [0, 0.1) is 6.92 Å². The van der Waals surface area contributed by atoms with Gasteiger partial charge in [0, 0.05) is 0 Å². The fraction of sp³-hybridized carbons (Fsp3) is 0.250. The molecule has 82 valence electrons. The minimum absolute atomic E-state index is 0.179. The van der Waals surface area contributed by atoms with Crippen LogP contribution in [0.3, 0.4) is 0 Å². The predicted octanol–water partition coefficient (Wildman–Crippen LogP) is 1.36. The molecule has 0 radical (unpaired) electrons. The Kier molecular flexibility index (Phi) is 3.26. The largest absolute Gasteiger partial charge is 0.707 e. The summed E-state index contributed by atoms with van der Waals surface area (Å²) in [6, 6.07) is 3.41. The number of halogens is 3. The van der Waals surface area contributed by atoms with Gasteiger partial charge in [-0.15, -0.1) is 0 Å². The van der Waals surface area contributed by atoms with Crippen LogP contribution in [0.15, 0.2) is 18.2 Å². The Hall–Kier alpha value is -1.21. The van der Waals surface area contributed by atoms with Crippen LogP contribution in [0.25, 0.3) is 0 Å². The number of benzene rings is 1. The van der Waals surface area contributed by atoms with Crippen molar-refractivity contribution in [3.05, 3.63) is 29.3 Å². The van der Waals surface area contributed by atoms with E-state index in [1.807, 2.05) is 0 Å². The number of aryl methyl sites for hydroxylation is 1. The molecule has 0 amide bonds. The molecule has 1 aromatic rings. The molecule has 0 saturated carbocycles. The standard InChI is InChI=1S/C8H8BF3O3/c1-5-3-2-4-6(8(10,11)12)7(5)15-9(13)14/h2-4,13-14H,1H3. The minimum Gasteiger partial charge on any atom is -0.511 e. The number of para-hydroxylation sites is 1. The van der Waals surface area contributed by atoms with Crippen molar-refractivity contribution in [1.82, 2.24) is 0 Å². The van der Waals surface area contributed by atoms with Crippen LogP contribution < -0.4 is 4.65 Å². The Morgan fingerprint density at radius 1 is 1.27 bits per heavy atom. The lowest BCUT2D eigenvalue weighted by atomic mass is 10.1.